The summed E-state index contributed by atoms with van der Waals surface area (Å²) < 4.78 is 0. The summed E-state index contributed by atoms with van der Waals surface area (Å²) >= 11 is 1.70. The molecule has 1 saturated heterocycles. The molecule has 2 aliphatic rings. The van der Waals surface area contributed by atoms with Gasteiger partial charge < -0.3 is 20.5 Å². The maximum absolute atomic E-state index is 13.0. The second kappa shape index (κ2) is 8.43. The predicted octanol–water partition coefficient (Wildman–Crippen LogP) is 1.02. The fourth-order valence-electron chi connectivity index (χ4n) is 3.97. The molecule has 0 aromatic carbocycles. The van der Waals surface area contributed by atoms with Crippen molar-refractivity contribution in [3.63, 3.8) is 0 Å². The Bertz CT molecular complexity index is 639. The van der Waals surface area contributed by atoms with E-state index in [4.69, 9.17) is 0 Å². The number of carbonyl (C=O) groups is 2. The SMILES string of the molecule is CCC(=O)N[C@H](CCSC)C(=O)N1CCC2(CC1)NCCc1[nH]cnc12. The number of aromatic nitrogens is 2. The minimum absolute atomic E-state index is 0.0498. The Balaban J connectivity index is 1.65. The molecular formula is C18H29N5O2S. The fraction of sp³-hybridized carbons (Fsp3) is 0.722. The highest BCUT2D eigenvalue weighted by molar-refractivity contribution is 7.98. The number of fused-ring (bicyclic) bond motifs is 2. The van der Waals surface area contributed by atoms with Gasteiger partial charge in [0.25, 0.3) is 0 Å². The summed E-state index contributed by atoms with van der Waals surface area (Å²) in [5.41, 5.74) is 2.22. The topological polar surface area (TPSA) is 90.1 Å². The Hall–Kier alpha value is -1.54. The van der Waals surface area contributed by atoms with Crippen LogP contribution in [0.5, 0.6) is 0 Å². The van der Waals surface area contributed by atoms with Crippen molar-refractivity contribution in [1.82, 2.24) is 25.5 Å². The maximum atomic E-state index is 13.0. The first kappa shape index (κ1) is 19.2. The van der Waals surface area contributed by atoms with Crippen LogP contribution >= 0.6 is 11.8 Å². The van der Waals surface area contributed by atoms with Gasteiger partial charge in [-0.25, -0.2) is 4.98 Å². The lowest BCUT2D eigenvalue weighted by Crippen LogP contribution is -2.57. The normalized spacial score (nSPS) is 19.8. The molecule has 0 aliphatic carbocycles. The number of likely N-dealkylation sites (tertiary alicyclic amines) is 1. The molecule has 8 heteroatoms. The molecule has 0 radical (unpaired) electrons. The molecule has 0 bridgehead atoms. The van der Waals surface area contributed by atoms with Gasteiger partial charge in [0.15, 0.2) is 0 Å². The van der Waals surface area contributed by atoms with Crippen LogP contribution in [0.4, 0.5) is 0 Å². The van der Waals surface area contributed by atoms with Crippen LogP contribution in [0.3, 0.4) is 0 Å². The molecule has 1 atom stereocenters. The van der Waals surface area contributed by atoms with Crippen molar-refractivity contribution in [2.45, 2.75) is 50.6 Å². The predicted molar refractivity (Wildman–Crippen MR) is 103 cm³/mol. The van der Waals surface area contributed by atoms with Gasteiger partial charge in [-0.15, -0.1) is 0 Å². The number of aromatic amines is 1. The molecular weight excluding hydrogens is 350 g/mol. The van der Waals surface area contributed by atoms with Crippen LogP contribution in [0.25, 0.3) is 0 Å². The number of hydrogen-bond acceptors (Lipinski definition) is 5. The van der Waals surface area contributed by atoms with Crippen LogP contribution in [0.2, 0.25) is 0 Å². The molecule has 3 heterocycles. The molecule has 3 rings (SSSR count). The third-order valence-corrected chi connectivity index (χ3v) is 6.15. The van der Waals surface area contributed by atoms with Crippen molar-refractivity contribution in [1.29, 1.82) is 0 Å². The van der Waals surface area contributed by atoms with Crippen LogP contribution in [0.15, 0.2) is 6.33 Å². The molecule has 1 aromatic rings. The summed E-state index contributed by atoms with van der Waals surface area (Å²) in [5.74, 6) is 0.845. The fourth-order valence-corrected chi connectivity index (χ4v) is 4.44. The highest BCUT2D eigenvalue weighted by Crippen LogP contribution is 2.36. The van der Waals surface area contributed by atoms with E-state index in [-0.39, 0.29) is 17.4 Å². The van der Waals surface area contributed by atoms with E-state index in [2.05, 4.69) is 20.6 Å². The summed E-state index contributed by atoms with van der Waals surface area (Å²) in [7, 11) is 0. The zero-order valence-corrected chi connectivity index (χ0v) is 16.5. The molecule has 2 amide bonds. The minimum Gasteiger partial charge on any atom is -0.348 e. The van der Waals surface area contributed by atoms with Crippen molar-refractivity contribution >= 4 is 23.6 Å². The third-order valence-electron chi connectivity index (χ3n) is 5.50. The molecule has 3 N–H and O–H groups in total. The molecule has 1 aromatic heterocycles. The second-order valence-electron chi connectivity index (χ2n) is 7.07. The molecule has 0 saturated carbocycles. The van der Waals surface area contributed by atoms with Gasteiger partial charge in [0.05, 0.1) is 17.6 Å². The number of rotatable bonds is 6. The second-order valence-corrected chi connectivity index (χ2v) is 8.05. The smallest absolute Gasteiger partial charge is 0.245 e. The monoisotopic (exact) mass is 379 g/mol. The summed E-state index contributed by atoms with van der Waals surface area (Å²) in [6.07, 6.45) is 7.55. The Morgan fingerprint density at radius 2 is 2.19 bits per heavy atom. The van der Waals surface area contributed by atoms with Crippen molar-refractivity contribution in [3.8, 4) is 0 Å². The van der Waals surface area contributed by atoms with Gasteiger partial charge in [-0.05, 0) is 31.3 Å². The molecule has 0 unspecified atom stereocenters. The van der Waals surface area contributed by atoms with Crippen molar-refractivity contribution < 1.29 is 9.59 Å². The minimum atomic E-state index is -0.413. The van der Waals surface area contributed by atoms with Gasteiger partial charge in [0.1, 0.15) is 6.04 Å². The molecule has 26 heavy (non-hydrogen) atoms. The van der Waals surface area contributed by atoms with E-state index in [0.717, 1.165) is 37.3 Å². The number of nitrogens with zero attached hydrogens (tertiary/aromatic N) is 2. The van der Waals surface area contributed by atoms with Gasteiger partial charge in [-0.1, -0.05) is 6.92 Å². The van der Waals surface area contributed by atoms with E-state index in [1.165, 1.54) is 5.69 Å². The lowest BCUT2D eigenvalue weighted by molar-refractivity contribution is -0.138. The van der Waals surface area contributed by atoms with Gasteiger partial charge in [0, 0.05) is 38.2 Å². The van der Waals surface area contributed by atoms with Gasteiger partial charge >= 0.3 is 0 Å². The van der Waals surface area contributed by atoms with E-state index in [0.29, 0.717) is 25.9 Å². The Labute approximate surface area is 159 Å². The summed E-state index contributed by atoms with van der Waals surface area (Å²) in [5, 5.41) is 6.55. The van der Waals surface area contributed by atoms with Crippen molar-refractivity contribution in [3.05, 3.63) is 17.7 Å². The van der Waals surface area contributed by atoms with E-state index >= 15 is 0 Å². The first-order chi connectivity index (χ1) is 12.6. The first-order valence-corrected chi connectivity index (χ1v) is 10.8. The lowest BCUT2D eigenvalue weighted by Gasteiger charge is -2.44. The van der Waals surface area contributed by atoms with Crippen LogP contribution in [0, 0.1) is 0 Å². The Kier molecular flexibility index (Phi) is 6.24. The van der Waals surface area contributed by atoms with Crippen LogP contribution < -0.4 is 10.6 Å². The quantitative estimate of drug-likeness (QED) is 0.687. The van der Waals surface area contributed by atoms with Gasteiger partial charge in [-0.3, -0.25) is 9.59 Å². The van der Waals surface area contributed by atoms with Crippen molar-refractivity contribution in [2.75, 3.05) is 31.6 Å². The van der Waals surface area contributed by atoms with Crippen molar-refractivity contribution in [2.24, 2.45) is 0 Å². The maximum Gasteiger partial charge on any atom is 0.245 e. The number of piperidine rings is 1. The molecule has 1 spiro atoms. The largest absolute Gasteiger partial charge is 0.348 e. The molecule has 7 nitrogen and oxygen atoms in total. The van der Waals surface area contributed by atoms with Crippen LogP contribution in [0.1, 0.15) is 44.0 Å². The average molecular weight is 380 g/mol. The number of thioether (sulfide) groups is 1. The zero-order chi connectivity index (χ0) is 18.6. The molecule has 2 aliphatic heterocycles. The zero-order valence-electron chi connectivity index (χ0n) is 15.6. The third kappa shape index (κ3) is 3.91. The van der Waals surface area contributed by atoms with Crippen LogP contribution in [-0.4, -0.2) is 64.4 Å². The van der Waals surface area contributed by atoms with E-state index in [1.807, 2.05) is 18.1 Å². The molecule has 144 valence electrons. The Morgan fingerprint density at radius 3 is 2.88 bits per heavy atom. The number of carbonyl (C=O) groups excluding carboxylic acids is 2. The number of amides is 2. The average Bonchev–Trinajstić information content (AvgIpc) is 3.15. The Morgan fingerprint density at radius 1 is 1.42 bits per heavy atom. The highest BCUT2D eigenvalue weighted by atomic mass is 32.2. The van der Waals surface area contributed by atoms with E-state index in [1.54, 1.807) is 18.1 Å². The summed E-state index contributed by atoms with van der Waals surface area (Å²) in [6.45, 7) is 4.13. The molecule has 1 fully saturated rings. The number of hydrogen-bond donors (Lipinski definition) is 3. The van der Waals surface area contributed by atoms with E-state index in [9.17, 15) is 9.59 Å². The number of imidazole rings is 1. The van der Waals surface area contributed by atoms with Crippen LogP contribution in [-0.2, 0) is 21.5 Å². The summed E-state index contributed by atoms with van der Waals surface area (Å²) in [4.78, 5) is 34.5. The highest BCUT2D eigenvalue weighted by Gasteiger charge is 2.42. The van der Waals surface area contributed by atoms with E-state index < -0.39 is 6.04 Å². The van der Waals surface area contributed by atoms with Gasteiger partial charge in [-0.2, -0.15) is 11.8 Å². The summed E-state index contributed by atoms with van der Waals surface area (Å²) in [6, 6.07) is -0.413. The van der Waals surface area contributed by atoms with Gasteiger partial charge in [0.2, 0.25) is 11.8 Å². The first-order valence-electron chi connectivity index (χ1n) is 9.44. The number of H-pyrrole nitrogens is 1. The standard InChI is InChI=1S/C18H29N5O2S/c1-3-15(24)22-14(5-11-26-2)17(25)23-9-6-18(7-10-23)16-13(4-8-21-18)19-12-20-16/h12,14,21H,3-11H2,1-2H3,(H,19,20)(H,22,24)/t14-/m1/s1. The lowest BCUT2D eigenvalue weighted by atomic mass is 9.80. The number of nitrogens with one attached hydrogen (secondary N) is 3.